The van der Waals surface area contributed by atoms with E-state index in [1.54, 1.807) is 0 Å². The van der Waals surface area contributed by atoms with Gasteiger partial charge in [0.15, 0.2) is 0 Å². The van der Waals surface area contributed by atoms with Crippen LogP contribution in [-0.2, 0) is 4.79 Å². The van der Waals surface area contributed by atoms with Gasteiger partial charge in [-0.05, 0) is 56.6 Å². The van der Waals surface area contributed by atoms with Gasteiger partial charge >= 0.3 is 0 Å². The van der Waals surface area contributed by atoms with Gasteiger partial charge in [-0.2, -0.15) is 5.48 Å². The maximum absolute atomic E-state index is 11.3. The summed E-state index contributed by atoms with van der Waals surface area (Å²) in [7, 11) is 0. The number of aryl methyl sites for hydroxylation is 1. The molecule has 0 aromatic heterocycles. The van der Waals surface area contributed by atoms with E-state index in [-0.39, 0.29) is 5.91 Å². The molecule has 29 heavy (non-hydrogen) atoms. The van der Waals surface area contributed by atoms with Crippen molar-refractivity contribution in [3.05, 3.63) is 54.1 Å². The Morgan fingerprint density at radius 1 is 1.03 bits per heavy atom. The van der Waals surface area contributed by atoms with E-state index in [9.17, 15) is 4.79 Å². The van der Waals surface area contributed by atoms with Gasteiger partial charge in [0, 0.05) is 51.0 Å². The van der Waals surface area contributed by atoms with Gasteiger partial charge in [-0.3, -0.25) is 9.69 Å². The lowest BCUT2D eigenvalue weighted by molar-refractivity contribution is -0.114. The molecule has 6 nitrogen and oxygen atoms in total. The summed E-state index contributed by atoms with van der Waals surface area (Å²) in [5.41, 5.74) is 6.32. The second-order valence-corrected chi connectivity index (χ2v) is 7.58. The standard InChI is InChI=1S/C23H32N4O2/c1-19-8-10-23(11-9-19)29-24-12-3-4-13-26-14-16-27(17-15-26)22-7-5-6-21(18-22)25-20(2)28/h5-11,18,24H,3-4,12-17H2,1-2H3,(H,25,28). The minimum Gasteiger partial charge on any atom is -0.409 e. The third-order valence-corrected chi connectivity index (χ3v) is 5.12. The van der Waals surface area contributed by atoms with E-state index in [1.165, 1.54) is 18.2 Å². The van der Waals surface area contributed by atoms with Gasteiger partial charge < -0.3 is 15.1 Å². The van der Waals surface area contributed by atoms with Crippen LogP contribution in [0.15, 0.2) is 48.5 Å². The van der Waals surface area contributed by atoms with Crippen molar-refractivity contribution >= 4 is 17.3 Å². The lowest BCUT2D eigenvalue weighted by atomic mass is 10.2. The highest BCUT2D eigenvalue weighted by atomic mass is 16.6. The van der Waals surface area contributed by atoms with Crippen molar-refractivity contribution in [2.24, 2.45) is 0 Å². The zero-order valence-electron chi connectivity index (χ0n) is 17.5. The number of nitrogens with one attached hydrogen (secondary N) is 2. The van der Waals surface area contributed by atoms with Gasteiger partial charge in [-0.25, -0.2) is 0 Å². The highest BCUT2D eigenvalue weighted by Gasteiger charge is 2.17. The topological polar surface area (TPSA) is 56.8 Å². The summed E-state index contributed by atoms with van der Waals surface area (Å²) in [6.07, 6.45) is 2.24. The van der Waals surface area contributed by atoms with E-state index in [0.717, 1.165) is 63.5 Å². The SMILES string of the molecule is CC(=O)Nc1cccc(N2CCN(CCCCNOc3ccc(C)cc3)CC2)c1. The first-order chi connectivity index (χ1) is 14.1. The molecule has 0 radical (unpaired) electrons. The highest BCUT2D eigenvalue weighted by molar-refractivity contribution is 5.89. The minimum absolute atomic E-state index is 0.0364. The van der Waals surface area contributed by atoms with Crippen LogP contribution in [0.4, 0.5) is 11.4 Å². The van der Waals surface area contributed by atoms with Gasteiger partial charge in [0.25, 0.3) is 0 Å². The van der Waals surface area contributed by atoms with Crippen LogP contribution in [-0.4, -0.2) is 50.1 Å². The molecule has 0 unspecified atom stereocenters. The fourth-order valence-electron chi connectivity index (χ4n) is 3.49. The molecule has 3 rings (SSSR count). The van der Waals surface area contributed by atoms with E-state index in [2.05, 4.69) is 39.7 Å². The fraction of sp³-hybridized carbons (Fsp3) is 0.435. The minimum atomic E-state index is -0.0364. The monoisotopic (exact) mass is 396 g/mol. The van der Waals surface area contributed by atoms with Crippen LogP contribution in [0.25, 0.3) is 0 Å². The Morgan fingerprint density at radius 3 is 2.52 bits per heavy atom. The van der Waals surface area contributed by atoms with Crippen molar-refractivity contribution in [1.29, 1.82) is 0 Å². The Labute approximate surface area is 173 Å². The number of nitrogens with zero attached hydrogens (tertiary/aromatic N) is 2. The summed E-state index contributed by atoms with van der Waals surface area (Å²) < 4.78 is 0. The molecule has 2 N–H and O–H groups in total. The molecule has 0 atom stereocenters. The summed E-state index contributed by atoms with van der Waals surface area (Å²) in [5.74, 6) is 0.819. The van der Waals surface area contributed by atoms with Crippen LogP contribution >= 0.6 is 0 Å². The third-order valence-electron chi connectivity index (χ3n) is 5.12. The van der Waals surface area contributed by atoms with E-state index in [1.807, 2.05) is 36.4 Å². The van der Waals surface area contributed by atoms with Crippen LogP contribution in [0, 0.1) is 6.92 Å². The quantitative estimate of drug-likeness (QED) is 0.502. The summed E-state index contributed by atoms with van der Waals surface area (Å²) in [6, 6.07) is 16.1. The molecule has 1 saturated heterocycles. The maximum atomic E-state index is 11.3. The average Bonchev–Trinajstić information content (AvgIpc) is 2.72. The molecular weight excluding hydrogens is 364 g/mol. The molecule has 1 heterocycles. The van der Waals surface area contributed by atoms with Crippen molar-refractivity contribution in [2.75, 3.05) is 49.5 Å². The predicted octanol–water partition coefficient (Wildman–Crippen LogP) is 3.44. The lowest BCUT2D eigenvalue weighted by Crippen LogP contribution is -2.46. The summed E-state index contributed by atoms with van der Waals surface area (Å²) in [4.78, 5) is 21.7. The normalized spacial score (nSPS) is 14.6. The van der Waals surface area contributed by atoms with Crippen LogP contribution in [0.5, 0.6) is 5.75 Å². The number of unbranched alkanes of at least 4 members (excludes halogenated alkanes) is 1. The van der Waals surface area contributed by atoms with Gasteiger partial charge in [-0.15, -0.1) is 0 Å². The molecule has 2 aromatic rings. The van der Waals surface area contributed by atoms with Crippen LogP contribution < -0.4 is 20.5 Å². The van der Waals surface area contributed by atoms with Crippen molar-refractivity contribution in [3.63, 3.8) is 0 Å². The molecule has 0 aliphatic carbocycles. The first-order valence-corrected chi connectivity index (χ1v) is 10.4. The number of amides is 1. The van der Waals surface area contributed by atoms with Crippen LogP contribution in [0.3, 0.4) is 0 Å². The van der Waals surface area contributed by atoms with Crippen molar-refractivity contribution in [2.45, 2.75) is 26.7 Å². The Balaban J connectivity index is 1.30. The number of carbonyl (C=O) groups is 1. The number of carbonyl (C=O) groups excluding carboxylic acids is 1. The molecule has 156 valence electrons. The highest BCUT2D eigenvalue weighted by Crippen LogP contribution is 2.21. The fourth-order valence-corrected chi connectivity index (χ4v) is 3.49. The van der Waals surface area contributed by atoms with Crippen LogP contribution in [0.2, 0.25) is 0 Å². The number of hydroxylamine groups is 1. The van der Waals surface area contributed by atoms with Crippen LogP contribution in [0.1, 0.15) is 25.3 Å². The maximum Gasteiger partial charge on any atom is 0.221 e. The summed E-state index contributed by atoms with van der Waals surface area (Å²) >= 11 is 0. The van der Waals surface area contributed by atoms with Crippen molar-refractivity contribution in [1.82, 2.24) is 10.4 Å². The van der Waals surface area contributed by atoms with Crippen molar-refractivity contribution in [3.8, 4) is 5.75 Å². The Bertz CT molecular complexity index is 771. The molecule has 0 saturated carbocycles. The summed E-state index contributed by atoms with van der Waals surface area (Å²) in [6.45, 7) is 9.73. The first kappa shape index (κ1) is 21.1. The Hall–Kier alpha value is -2.57. The van der Waals surface area contributed by atoms with E-state index in [4.69, 9.17) is 4.84 Å². The molecule has 1 fully saturated rings. The molecule has 0 bridgehead atoms. The Kier molecular flexibility index (Phi) is 7.90. The van der Waals surface area contributed by atoms with E-state index < -0.39 is 0 Å². The molecule has 2 aromatic carbocycles. The second kappa shape index (κ2) is 10.8. The van der Waals surface area contributed by atoms with E-state index >= 15 is 0 Å². The zero-order valence-corrected chi connectivity index (χ0v) is 17.5. The number of anilines is 2. The van der Waals surface area contributed by atoms with Gasteiger partial charge in [0.05, 0.1) is 0 Å². The summed E-state index contributed by atoms with van der Waals surface area (Å²) in [5, 5.41) is 2.86. The molecule has 1 aliphatic rings. The predicted molar refractivity (Wildman–Crippen MR) is 118 cm³/mol. The molecule has 6 heteroatoms. The third kappa shape index (κ3) is 7.07. The number of rotatable bonds is 9. The largest absolute Gasteiger partial charge is 0.409 e. The Morgan fingerprint density at radius 2 is 1.79 bits per heavy atom. The van der Waals surface area contributed by atoms with Gasteiger partial charge in [-0.1, -0.05) is 23.8 Å². The average molecular weight is 397 g/mol. The van der Waals surface area contributed by atoms with Crippen molar-refractivity contribution < 1.29 is 9.63 Å². The molecule has 0 spiro atoms. The zero-order chi connectivity index (χ0) is 20.5. The van der Waals surface area contributed by atoms with E-state index in [0.29, 0.717) is 0 Å². The smallest absolute Gasteiger partial charge is 0.221 e. The lowest BCUT2D eigenvalue weighted by Gasteiger charge is -2.36. The molecule has 1 amide bonds. The van der Waals surface area contributed by atoms with Gasteiger partial charge in [0.1, 0.15) is 5.75 Å². The number of piperazine rings is 1. The molecular formula is C23H32N4O2. The second-order valence-electron chi connectivity index (χ2n) is 7.58. The first-order valence-electron chi connectivity index (χ1n) is 10.4. The number of hydrogen-bond donors (Lipinski definition) is 2. The number of hydrogen-bond acceptors (Lipinski definition) is 5. The molecule has 1 aliphatic heterocycles. The number of benzene rings is 2. The van der Waals surface area contributed by atoms with Gasteiger partial charge in [0.2, 0.25) is 5.91 Å².